The number of hydrogen-bond donors (Lipinski definition) is 1. The molecule has 4 nitrogen and oxygen atoms in total. The van der Waals surface area contributed by atoms with Gasteiger partial charge in [0.1, 0.15) is 5.82 Å². The van der Waals surface area contributed by atoms with Crippen LogP contribution in [0.3, 0.4) is 0 Å². The number of carboxylic acid groups (broad SMARTS) is 1. The summed E-state index contributed by atoms with van der Waals surface area (Å²) in [7, 11) is 0. The number of halogens is 2. The van der Waals surface area contributed by atoms with Crippen molar-refractivity contribution in [1.29, 1.82) is 0 Å². The molecule has 1 heterocycles. The quantitative estimate of drug-likeness (QED) is 0.932. The number of carbonyl (C=O) groups excluding carboxylic acids is 1. The number of hydrogen-bond acceptors (Lipinski definition) is 2. The van der Waals surface area contributed by atoms with Gasteiger partial charge in [-0.1, -0.05) is 12.1 Å². The third-order valence-corrected chi connectivity index (χ3v) is 3.93. The molecule has 1 unspecified atom stereocenters. The Hall–Kier alpha value is -1.62. The molecule has 1 aliphatic heterocycles. The van der Waals surface area contributed by atoms with Crippen molar-refractivity contribution < 1.29 is 19.1 Å². The molecule has 0 spiro atoms. The molecule has 0 aliphatic carbocycles. The van der Waals surface area contributed by atoms with Gasteiger partial charge in [-0.05, 0) is 38.0 Å². The van der Waals surface area contributed by atoms with Crippen LogP contribution >= 0.6 is 12.4 Å². The summed E-state index contributed by atoms with van der Waals surface area (Å²) in [5, 5.41) is 8.98. The van der Waals surface area contributed by atoms with Crippen molar-refractivity contribution in [3.8, 4) is 0 Å². The highest BCUT2D eigenvalue weighted by molar-refractivity contribution is 5.88. The van der Waals surface area contributed by atoms with Gasteiger partial charge >= 0.3 is 5.97 Å². The maximum absolute atomic E-state index is 13.0. The third kappa shape index (κ3) is 3.53. The standard InChI is InChI=1S/C15H18FNO3.ClH/c1-15(2,11-3-5-12(16)6-4-11)14(20)17-8-7-10(9-17)13(18)19;/h3-6,10H,7-9H2,1-2H3,(H,18,19);1H. The summed E-state index contributed by atoms with van der Waals surface area (Å²) in [5.74, 6) is -1.81. The van der Waals surface area contributed by atoms with Gasteiger partial charge in [-0.25, -0.2) is 4.39 Å². The van der Waals surface area contributed by atoms with Crippen molar-refractivity contribution in [2.45, 2.75) is 25.7 Å². The van der Waals surface area contributed by atoms with Crippen molar-refractivity contribution in [3.05, 3.63) is 35.6 Å². The fourth-order valence-electron chi connectivity index (χ4n) is 2.53. The number of carboxylic acids is 1. The zero-order valence-electron chi connectivity index (χ0n) is 12.0. The van der Waals surface area contributed by atoms with Gasteiger partial charge in [0, 0.05) is 13.1 Å². The lowest BCUT2D eigenvalue weighted by Crippen LogP contribution is -2.42. The molecule has 1 saturated heterocycles. The predicted molar refractivity (Wildman–Crippen MR) is 79.0 cm³/mol. The van der Waals surface area contributed by atoms with Gasteiger partial charge in [-0.15, -0.1) is 12.4 Å². The molecule has 1 aliphatic rings. The molecule has 1 aromatic rings. The first-order chi connectivity index (χ1) is 9.32. The highest BCUT2D eigenvalue weighted by Crippen LogP contribution is 2.29. The summed E-state index contributed by atoms with van der Waals surface area (Å²) in [6.45, 7) is 4.26. The molecule has 116 valence electrons. The van der Waals surface area contributed by atoms with E-state index in [1.807, 2.05) is 0 Å². The zero-order valence-corrected chi connectivity index (χ0v) is 12.8. The van der Waals surface area contributed by atoms with Crippen LogP contribution in [0.4, 0.5) is 4.39 Å². The largest absolute Gasteiger partial charge is 0.481 e. The molecule has 2 rings (SSSR count). The second-order valence-electron chi connectivity index (χ2n) is 5.71. The second kappa shape index (κ2) is 6.43. The van der Waals surface area contributed by atoms with Crippen LogP contribution in [0.5, 0.6) is 0 Å². The number of rotatable bonds is 3. The Morgan fingerprint density at radius 3 is 2.33 bits per heavy atom. The monoisotopic (exact) mass is 315 g/mol. The molecule has 0 aromatic heterocycles. The smallest absolute Gasteiger partial charge is 0.308 e. The zero-order chi connectivity index (χ0) is 14.9. The van der Waals surface area contributed by atoms with Gasteiger partial charge in [0.2, 0.25) is 5.91 Å². The summed E-state index contributed by atoms with van der Waals surface area (Å²) < 4.78 is 13.0. The summed E-state index contributed by atoms with van der Waals surface area (Å²) >= 11 is 0. The van der Waals surface area contributed by atoms with Crippen LogP contribution in [0.15, 0.2) is 24.3 Å². The summed E-state index contributed by atoms with van der Waals surface area (Å²) in [5.41, 5.74) is -0.0659. The number of carbonyl (C=O) groups is 2. The van der Waals surface area contributed by atoms with Crippen molar-refractivity contribution in [2.24, 2.45) is 5.92 Å². The minimum atomic E-state index is -0.861. The van der Waals surface area contributed by atoms with Crippen LogP contribution in [0, 0.1) is 11.7 Å². The minimum absolute atomic E-state index is 0. The van der Waals surface area contributed by atoms with Crippen molar-refractivity contribution >= 4 is 24.3 Å². The first-order valence-electron chi connectivity index (χ1n) is 6.60. The molecule has 1 N–H and O–H groups in total. The van der Waals surface area contributed by atoms with Crippen LogP contribution in [0.2, 0.25) is 0 Å². The molecule has 0 bridgehead atoms. The van der Waals surface area contributed by atoms with E-state index >= 15 is 0 Å². The van der Waals surface area contributed by atoms with E-state index < -0.39 is 17.3 Å². The molecular formula is C15H19ClFNO3. The summed E-state index contributed by atoms with van der Waals surface area (Å²) in [6, 6.07) is 5.85. The Morgan fingerprint density at radius 2 is 1.86 bits per heavy atom. The average molecular weight is 316 g/mol. The topological polar surface area (TPSA) is 57.6 Å². The van der Waals surface area contributed by atoms with E-state index in [1.54, 1.807) is 30.9 Å². The van der Waals surface area contributed by atoms with Crippen LogP contribution in [0.25, 0.3) is 0 Å². The average Bonchev–Trinajstić information content (AvgIpc) is 2.88. The van der Waals surface area contributed by atoms with E-state index in [4.69, 9.17) is 5.11 Å². The van der Waals surface area contributed by atoms with Gasteiger partial charge in [-0.3, -0.25) is 9.59 Å². The molecule has 1 atom stereocenters. The van der Waals surface area contributed by atoms with E-state index in [2.05, 4.69) is 0 Å². The van der Waals surface area contributed by atoms with Gasteiger partial charge in [-0.2, -0.15) is 0 Å². The van der Waals surface area contributed by atoms with Crippen LogP contribution < -0.4 is 0 Å². The predicted octanol–water partition coefficient (Wildman–Crippen LogP) is 2.46. The van der Waals surface area contributed by atoms with Crippen LogP contribution in [-0.2, 0) is 15.0 Å². The molecule has 0 saturated carbocycles. The maximum Gasteiger partial charge on any atom is 0.308 e. The fraction of sp³-hybridized carbons (Fsp3) is 0.467. The molecule has 0 radical (unpaired) electrons. The van der Waals surface area contributed by atoms with Crippen LogP contribution in [0.1, 0.15) is 25.8 Å². The lowest BCUT2D eigenvalue weighted by Gasteiger charge is -2.29. The number of amides is 1. The molecule has 1 fully saturated rings. The van der Waals surface area contributed by atoms with Crippen LogP contribution in [-0.4, -0.2) is 35.0 Å². The Bertz CT molecular complexity index is 530. The van der Waals surface area contributed by atoms with Gasteiger partial charge in [0.15, 0.2) is 0 Å². The Kier molecular flexibility index (Phi) is 5.34. The molecule has 6 heteroatoms. The number of nitrogens with zero attached hydrogens (tertiary/aromatic N) is 1. The number of aliphatic carboxylic acids is 1. The Balaban J connectivity index is 0.00000220. The second-order valence-corrected chi connectivity index (χ2v) is 5.71. The van der Waals surface area contributed by atoms with Crippen molar-refractivity contribution in [2.75, 3.05) is 13.1 Å². The summed E-state index contributed by atoms with van der Waals surface area (Å²) in [4.78, 5) is 25.1. The van der Waals surface area contributed by atoms with Gasteiger partial charge < -0.3 is 10.0 Å². The maximum atomic E-state index is 13.0. The van der Waals surface area contributed by atoms with E-state index in [0.717, 1.165) is 5.56 Å². The lowest BCUT2D eigenvalue weighted by atomic mass is 9.83. The fourth-order valence-corrected chi connectivity index (χ4v) is 2.53. The third-order valence-electron chi connectivity index (χ3n) is 3.93. The Morgan fingerprint density at radius 1 is 1.29 bits per heavy atom. The highest BCUT2D eigenvalue weighted by Gasteiger charge is 2.38. The first kappa shape index (κ1) is 17.4. The van der Waals surface area contributed by atoms with Gasteiger partial charge in [0.05, 0.1) is 11.3 Å². The number of likely N-dealkylation sites (tertiary alicyclic amines) is 1. The van der Waals surface area contributed by atoms with E-state index in [0.29, 0.717) is 13.0 Å². The first-order valence-corrected chi connectivity index (χ1v) is 6.60. The molecule has 1 aromatic carbocycles. The molecule has 21 heavy (non-hydrogen) atoms. The van der Waals surface area contributed by atoms with Gasteiger partial charge in [0.25, 0.3) is 0 Å². The minimum Gasteiger partial charge on any atom is -0.481 e. The molecule has 1 amide bonds. The van der Waals surface area contributed by atoms with Crippen molar-refractivity contribution in [3.63, 3.8) is 0 Å². The normalized spacial score (nSPS) is 18.2. The molecular weight excluding hydrogens is 297 g/mol. The lowest BCUT2D eigenvalue weighted by molar-refractivity contribution is -0.141. The summed E-state index contributed by atoms with van der Waals surface area (Å²) in [6.07, 6.45) is 0.487. The number of benzene rings is 1. The van der Waals surface area contributed by atoms with E-state index in [1.165, 1.54) is 12.1 Å². The SMILES string of the molecule is CC(C)(C(=O)N1CCC(C(=O)O)C1)c1ccc(F)cc1.Cl. The van der Waals surface area contributed by atoms with E-state index in [9.17, 15) is 14.0 Å². The Labute approximate surface area is 129 Å². The highest BCUT2D eigenvalue weighted by atomic mass is 35.5. The van der Waals surface area contributed by atoms with Crippen molar-refractivity contribution in [1.82, 2.24) is 4.90 Å². The van der Waals surface area contributed by atoms with E-state index in [-0.39, 0.29) is 30.7 Å².